The molecule has 0 spiro atoms. The Bertz CT molecular complexity index is 389. The molecular weight excluding hydrogens is 220 g/mol. The summed E-state index contributed by atoms with van der Waals surface area (Å²) < 4.78 is 0. The van der Waals surface area contributed by atoms with Crippen molar-refractivity contribution in [2.45, 2.75) is 45.8 Å². The predicted molar refractivity (Wildman–Crippen MR) is 80.0 cm³/mol. The van der Waals surface area contributed by atoms with Gasteiger partial charge in [-0.15, -0.1) is 5.73 Å². The summed E-state index contributed by atoms with van der Waals surface area (Å²) in [4.78, 5) is 0. The maximum Gasteiger partial charge on any atom is 0.0823 e. The highest BCUT2D eigenvalue weighted by molar-refractivity contribution is 6.83. The van der Waals surface area contributed by atoms with E-state index in [1.165, 1.54) is 5.56 Å². The number of allylic oxidation sites excluding steroid dienone is 1. The van der Waals surface area contributed by atoms with Crippen LogP contribution < -0.4 is 0 Å². The van der Waals surface area contributed by atoms with Crippen LogP contribution in [0.5, 0.6) is 0 Å². The zero-order valence-electron chi connectivity index (χ0n) is 11.6. The van der Waals surface area contributed by atoms with Gasteiger partial charge in [0, 0.05) is 0 Å². The first kappa shape index (κ1) is 14.0. The van der Waals surface area contributed by atoms with E-state index in [2.05, 4.69) is 68.7 Å². The van der Waals surface area contributed by atoms with Crippen LogP contribution in [0.3, 0.4) is 0 Å². The molecule has 0 bridgehead atoms. The molecule has 0 unspecified atom stereocenters. The molecule has 0 N–H and O–H groups in total. The largest absolute Gasteiger partial charge is 0.131 e. The van der Waals surface area contributed by atoms with Gasteiger partial charge in [-0.1, -0.05) is 56.9 Å². The van der Waals surface area contributed by atoms with Crippen LogP contribution in [0.1, 0.15) is 25.3 Å². The first-order valence-electron chi connectivity index (χ1n) is 6.52. The van der Waals surface area contributed by atoms with Crippen molar-refractivity contribution in [2.24, 2.45) is 0 Å². The number of benzene rings is 1. The van der Waals surface area contributed by atoms with Gasteiger partial charge in [0.1, 0.15) is 0 Å². The molecule has 0 aliphatic heterocycles. The van der Waals surface area contributed by atoms with Crippen molar-refractivity contribution in [3.63, 3.8) is 0 Å². The zero-order valence-corrected chi connectivity index (χ0v) is 12.6. The van der Waals surface area contributed by atoms with Crippen LogP contribution in [-0.4, -0.2) is 8.07 Å². The van der Waals surface area contributed by atoms with Gasteiger partial charge in [-0.3, -0.25) is 0 Å². The molecule has 0 atom stereocenters. The minimum absolute atomic E-state index is 1.08. The van der Waals surface area contributed by atoms with E-state index in [9.17, 15) is 0 Å². The second-order valence-corrected chi connectivity index (χ2v) is 10.6. The molecule has 0 saturated carbocycles. The van der Waals surface area contributed by atoms with Gasteiger partial charge in [0.15, 0.2) is 0 Å². The Hall–Kier alpha value is -1.04. The van der Waals surface area contributed by atoms with Gasteiger partial charge in [-0.2, -0.15) is 0 Å². The van der Waals surface area contributed by atoms with Gasteiger partial charge in [-0.05, 0) is 36.1 Å². The molecule has 0 saturated heterocycles. The minimum Gasteiger partial charge on any atom is -0.131 e. The van der Waals surface area contributed by atoms with Crippen molar-refractivity contribution >= 4 is 8.07 Å². The van der Waals surface area contributed by atoms with Crippen LogP contribution in [0.15, 0.2) is 47.3 Å². The second-order valence-electron chi connectivity index (χ2n) is 5.47. The van der Waals surface area contributed by atoms with Crippen molar-refractivity contribution < 1.29 is 0 Å². The molecule has 1 heteroatoms. The fraction of sp³-hybridized carbons (Fsp3) is 0.438. The van der Waals surface area contributed by atoms with Crippen LogP contribution in [0.4, 0.5) is 0 Å². The summed E-state index contributed by atoms with van der Waals surface area (Å²) in [6, 6.07) is 10.7. The van der Waals surface area contributed by atoms with Crippen molar-refractivity contribution in [1.29, 1.82) is 0 Å². The Morgan fingerprint density at radius 1 is 1.18 bits per heavy atom. The lowest BCUT2D eigenvalue weighted by Gasteiger charge is -2.18. The third kappa shape index (κ3) is 5.21. The highest BCUT2D eigenvalue weighted by atomic mass is 28.3. The molecule has 0 aromatic heterocycles. The molecule has 0 nitrogen and oxygen atoms in total. The predicted octanol–water partition coefficient (Wildman–Crippen LogP) is 4.99. The fourth-order valence-corrected chi connectivity index (χ4v) is 3.21. The van der Waals surface area contributed by atoms with Crippen LogP contribution in [0.25, 0.3) is 0 Å². The lowest BCUT2D eigenvalue weighted by Crippen LogP contribution is -2.23. The van der Waals surface area contributed by atoms with E-state index in [1.54, 1.807) is 5.20 Å². The number of hydrogen-bond acceptors (Lipinski definition) is 0. The summed E-state index contributed by atoms with van der Waals surface area (Å²) in [5, 5.41) is 1.56. The molecule has 1 aromatic rings. The Morgan fingerprint density at radius 2 is 1.82 bits per heavy atom. The first-order chi connectivity index (χ1) is 8.04. The Kier molecular flexibility index (Phi) is 5.47. The molecule has 0 heterocycles. The number of aryl methyl sites for hydroxylation is 1. The monoisotopic (exact) mass is 244 g/mol. The number of hydrogen-bond donors (Lipinski definition) is 0. The average molecular weight is 244 g/mol. The van der Waals surface area contributed by atoms with Crippen molar-refractivity contribution in [3.05, 3.63) is 52.9 Å². The van der Waals surface area contributed by atoms with Gasteiger partial charge in [0.25, 0.3) is 0 Å². The molecule has 0 aliphatic rings. The second kappa shape index (κ2) is 6.63. The average Bonchev–Trinajstić information content (AvgIpc) is 2.29. The molecule has 0 radical (unpaired) electrons. The Labute approximate surface area is 107 Å². The Balaban J connectivity index is 2.73. The quantitative estimate of drug-likeness (QED) is 0.506. The van der Waals surface area contributed by atoms with Crippen molar-refractivity contribution in [3.8, 4) is 0 Å². The van der Waals surface area contributed by atoms with E-state index >= 15 is 0 Å². The maximum absolute atomic E-state index is 3.53. The fourth-order valence-electron chi connectivity index (χ4n) is 1.80. The summed E-state index contributed by atoms with van der Waals surface area (Å²) in [6.45, 7) is 9.39. The van der Waals surface area contributed by atoms with E-state index in [4.69, 9.17) is 0 Å². The van der Waals surface area contributed by atoms with Crippen molar-refractivity contribution in [1.82, 2.24) is 0 Å². The highest BCUT2D eigenvalue weighted by Crippen LogP contribution is 2.19. The maximum atomic E-state index is 3.53. The molecular formula is C16H24Si. The lowest BCUT2D eigenvalue weighted by molar-refractivity contribution is 0.976. The van der Waals surface area contributed by atoms with E-state index in [-0.39, 0.29) is 0 Å². The van der Waals surface area contributed by atoms with E-state index in [0.29, 0.717) is 0 Å². The topological polar surface area (TPSA) is 0 Å². The third-order valence-electron chi connectivity index (χ3n) is 2.89. The number of rotatable bonds is 5. The summed E-state index contributed by atoms with van der Waals surface area (Å²) in [6.07, 6.45) is 5.57. The normalized spacial score (nSPS) is 10.8. The summed E-state index contributed by atoms with van der Waals surface area (Å²) in [7, 11) is -1.20. The van der Waals surface area contributed by atoms with Crippen LogP contribution in [0.2, 0.25) is 19.6 Å². The molecule has 17 heavy (non-hydrogen) atoms. The molecule has 92 valence electrons. The van der Waals surface area contributed by atoms with Crippen LogP contribution in [0, 0.1) is 0 Å². The lowest BCUT2D eigenvalue weighted by atomic mass is 10.1. The summed E-state index contributed by atoms with van der Waals surface area (Å²) >= 11 is 0. The molecule has 0 aliphatic carbocycles. The van der Waals surface area contributed by atoms with E-state index < -0.39 is 8.07 Å². The van der Waals surface area contributed by atoms with Crippen LogP contribution >= 0.6 is 0 Å². The third-order valence-corrected chi connectivity index (χ3v) is 5.10. The zero-order chi connectivity index (χ0) is 12.7. The van der Waals surface area contributed by atoms with Gasteiger partial charge in [0.2, 0.25) is 0 Å². The highest BCUT2D eigenvalue weighted by Gasteiger charge is 2.18. The van der Waals surface area contributed by atoms with Gasteiger partial charge in [-0.25, -0.2) is 0 Å². The summed E-state index contributed by atoms with van der Waals surface area (Å²) in [5.41, 5.74) is 4.96. The minimum atomic E-state index is -1.20. The smallest absolute Gasteiger partial charge is 0.0823 e. The van der Waals surface area contributed by atoms with Crippen molar-refractivity contribution in [2.75, 3.05) is 0 Å². The van der Waals surface area contributed by atoms with Gasteiger partial charge in [0.05, 0.1) is 8.07 Å². The van der Waals surface area contributed by atoms with Gasteiger partial charge >= 0.3 is 0 Å². The Morgan fingerprint density at radius 3 is 2.35 bits per heavy atom. The first-order valence-corrected chi connectivity index (χ1v) is 10.0. The molecule has 0 amide bonds. The molecule has 1 rings (SSSR count). The van der Waals surface area contributed by atoms with Crippen LogP contribution in [-0.2, 0) is 6.42 Å². The summed E-state index contributed by atoms with van der Waals surface area (Å²) in [5.74, 6) is 0. The van der Waals surface area contributed by atoms with E-state index in [1.807, 2.05) is 0 Å². The van der Waals surface area contributed by atoms with Gasteiger partial charge < -0.3 is 0 Å². The SMILES string of the molecule is CCC=C=C(CCc1ccccc1)[Si](C)(C)C. The van der Waals surface area contributed by atoms with E-state index in [0.717, 1.165) is 19.3 Å². The standard InChI is InChI=1S/C16H24Si/c1-5-6-12-16(17(2,3)4)14-13-15-10-8-7-9-11-15/h6-11H,5,13-14H2,1-4H3. The molecule has 1 aromatic carbocycles. The molecule has 0 fully saturated rings.